The Morgan fingerprint density at radius 2 is 1.71 bits per heavy atom. The Morgan fingerprint density at radius 3 is 2.35 bits per heavy atom. The molecule has 0 aliphatic carbocycles. The van der Waals surface area contributed by atoms with Gasteiger partial charge in [0.1, 0.15) is 0 Å². The lowest BCUT2D eigenvalue weighted by atomic mass is 10.0. The van der Waals surface area contributed by atoms with Gasteiger partial charge in [-0.05, 0) is 42.8 Å². The van der Waals surface area contributed by atoms with E-state index in [9.17, 15) is 15.0 Å². The van der Waals surface area contributed by atoms with E-state index in [4.69, 9.17) is 28.3 Å². The summed E-state index contributed by atoms with van der Waals surface area (Å²) in [5.74, 6) is -0.283. The summed E-state index contributed by atoms with van der Waals surface area (Å²) in [7, 11) is 0. The third-order valence-electron chi connectivity index (χ3n) is 5.49. The zero-order chi connectivity index (χ0) is 24.2. The predicted octanol–water partition coefficient (Wildman–Crippen LogP) is 5.32. The van der Waals surface area contributed by atoms with Crippen molar-refractivity contribution in [2.24, 2.45) is 0 Å². The Bertz CT molecular complexity index is 1300. The largest absolute Gasteiger partial charge is 0.368 e. The maximum Gasteiger partial charge on any atom is 0.255 e. The van der Waals surface area contributed by atoms with Crippen molar-refractivity contribution in [1.29, 1.82) is 0 Å². The van der Waals surface area contributed by atoms with Crippen LogP contribution in [0.2, 0.25) is 10.0 Å². The number of carbonyl (C=O) groups excluding carboxylic acids is 1. The number of halogens is 2. The molecule has 3 N–H and O–H groups in total. The minimum absolute atomic E-state index is 0.0930. The number of rotatable bonds is 7. The highest BCUT2D eigenvalue weighted by Crippen LogP contribution is 2.27. The number of anilines is 1. The third-order valence-corrected chi connectivity index (χ3v) is 6.23. The highest BCUT2D eigenvalue weighted by atomic mass is 35.5. The van der Waals surface area contributed by atoms with Crippen molar-refractivity contribution in [3.8, 4) is 11.3 Å². The SMILES string of the molecule is Cc1c(CC(O)O)c(-c2ccccc2)nn1Cc1ccc(NC(=O)c2ccc(Cl)c(Cl)c2)cc1. The summed E-state index contributed by atoms with van der Waals surface area (Å²) in [5.41, 5.74) is 5.35. The minimum Gasteiger partial charge on any atom is -0.368 e. The molecular weight excluding hydrogens is 473 g/mol. The van der Waals surface area contributed by atoms with Crippen LogP contribution in [0, 0.1) is 6.92 Å². The molecule has 0 bridgehead atoms. The highest BCUT2D eigenvalue weighted by molar-refractivity contribution is 6.42. The maximum absolute atomic E-state index is 12.5. The molecule has 4 rings (SSSR count). The molecule has 0 fully saturated rings. The van der Waals surface area contributed by atoms with Gasteiger partial charge in [0.2, 0.25) is 0 Å². The van der Waals surface area contributed by atoms with E-state index >= 15 is 0 Å². The standard InChI is InChI=1S/C26H23Cl2N3O3/c1-16-21(14-24(32)33)25(18-5-3-2-4-6-18)30-31(16)15-17-7-10-20(11-8-17)29-26(34)19-9-12-22(27)23(28)13-19/h2-13,24,32-33H,14-15H2,1H3,(H,29,34). The molecule has 0 atom stereocenters. The molecule has 0 unspecified atom stereocenters. The fourth-order valence-corrected chi connectivity index (χ4v) is 4.00. The molecule has 0 saturated carbocycles. The Morgan fingerprint density at radius 1 is 1.00 bits per heavy atom. The van der Waals surface area contributed by atoms with Gasteiger partial charge in [-0.25, -0.2) is 0 Å². The summed E-state index contributed by atoms with van der Waals surface area (Å²) in [6, 6.07) is 21.9. The fourth-order valence-electron chi connectivity index (χ4n) is 3.70. The molecule has 34 heavy (non-hydrogen) atoms. The van der Waals surface area contributed by atoms with Crippen molar-refractivity contribution in [3.63, 3.8) is 0 Å². The molecule has 174 valence electrons. The van der Waals surface area contributed by atoms with E-state index in [0.29, 0.717) is 27.8 Å². The first-order valence-electron chi connectivity index (χ1n) is 10.6. The molecule has 1 heterocycles. The van der Waals surface area contributed by atoms with Crippen LogP contribution in [0.4, 0.5) is 5.69 Å². The zero-order valence-electron chi connectivity index (χ0n) is 18.4. The van der Waals surface area contributed by atoms with E-state index in [1.807, 2.05) is 66.2 Å². The summed E-state index contributed by atoms with van der Waals surface area (Å²) in [6.45, 7) is 2.41. The molecule has 3 aromatic carbocycles. The zero-order valence-corrected chi connectivity index (χ0v) is 19.9. The van der Waals surface area contributed by atoms with Crippen molar-refractivity contribution in [1.82, 2.24) is 9.78 Å². The van der Waals surface area contributed by atoms with Crippen molar-refractivity contribution in [2.75, 3.05) is 5.32 Å². The van der Waals surface area contributed by atoms with Gasteiger partial charge in [0.15, 0.2) is 6.29 Å². The first-order chi connectivity index (χ1) is 16.3. The van der Waals surface area contributed by atoms with Crippen molar-refractivity contribution >= 4 is 34.8 Å². The highest BCUT2D eigenvalue weighted by Gasteiger charge is 2.18. The average Bonchev–Trinajstić information content (AvgIpc) is 3.12. The van der Waals surface area contributed by atoms with Crippen LogP contribution >= 0.6 is 23.2 Å². The van der Waals surface area contributed by atoms with E-state index in [-0.39, 0.29) is 12.3 Å². The van der Waals surface area contributed by atoms with E-state index in [1.54, 1.807) is 12.1 Å². The first-order valence-corrected chi connectivity index (χ1v) is 11.4. The minimum atomic E-state index is -1.46. The van der Waals surface area contributed by atoms with Gasteiger partial charge in [0.25, 0.3) is 5.91 Å². The van der Waals surface area contributed by atoms with Gasteiger partial charge in [0, 0.05) is 34.5 Å². The number of aromatic nitrogens is 2. The van der Waals surface area contributed by atoms with Gasteiger partial charge in [-0.15, -0.1) is 0 Å². The molecule has 4 aromatic rings. The van der Waals surface area contributed by atoms with Crippen molar-refractivity contribution < 1.29 is 15.0 Å². The number of amides is 1. The lowest BCUT2D eigenvalue weighted by Gasteiger charge is -2.09. The molecule has 1 aromatic heterocycles. The lowest BCUT2D eigenvalue weighted by Crippen LogP contribution is -2.12. The van der Waals surface area contributed by atoms with E-state index in [0.717, 1.165) is 28.1 Å². The molecule has 6 nitrogen and oxygen atoms in total. The average molecular weight is 496 g/mol. The summed E-state index contributed by atoms with van der Waals surface area (Å²) < 4.78 is 1.85. The van der Waals surface area contributed by atoms with Gasteiger partial charge >= 0.3 is 0 Å². The van der Waals surface area contributed by atoms with Crippen LogP contribution in [0.25, 0.3) is 11.3 Å². The molecule has 8 heteroatoms. The predicted molar refractivity (Wildman–Crippen MR) is 134 cm³/mol. The summed E-state index contributed by atoms with van der Waals surface area (Å²) in [5, 5.41) is 27.5. The monoisotopic (exact) mass is 495 g/mol. The number of nitrogens with zero attached hydrogens (tertiary/aromatic N) is 2. The van der Waals surface area contributed by atoms with Gasteiger partial charge in [-0.2, -0.15) is 5.10 Å². The van der Waals surface area contributed by atoms with Gasteiger partial charge < -0.3 is 15.5 Å². The van der Waals surface area contributed by atoms with Crippen LogP contribution in [0.5, 0.6) is 0 Å². The molecule has 0 aliphatic rings. The molecule has 0 aliphatic heterocycles. The maximum atomic E-state index is 12.5. The Kier molecular flexibility index (Phi) is 7.34. The number of nitrogens with one attached hydrogen (secondary N) is 1. The molecular formula is C26H23Cl2N3O3. The second-order valence-electron chi connectivity index (χ2n) is 7.90. The van der Waals surface area contributed by atoms with Crippen LogP contribution in [-0.2, 0) is 13.0 Å². The van der Waals surface area contributed by atoms with Gasteiger partial charge in [-0.3, -0.25) is 9.48 Å². The Labute approximate surface area is 207 Å². The smallest absolute Gasteiger partial charge is 0.255 e. The number of hydrogen-bond donors (Lipinski definition) is 3. The summed E-state index contributed by atoms with van der Waals surface area (Å²) in [6.07, 6.45) is -1.37. The third kappa shape index (κ3) is 5.48. The van der Waals surface area contributed by atoms with Gasteiger partial charge in [0.05, 0.1) is 22.3 Å². The summed E-state index contributed by atoms with van der Waals surface area (Å²) in [4.78, 5) is 12.5. The van der Waals surface area contributed by atoms with E-state index < -0.39 is 6.29 Å². The van der Waals surface area contributed by atoms with Crippen molar-refractivity contribution in [3.05, 3.63) is 105 Å². The second kappa shape index (κ2) is 10.4. The number of benzene rings is 3. The summed E-state index contributed by atoms with van der Waals surface area (Å²) >= 11 is 11.9. The van der Waals surface area contributed by atoms with Crippen LogP contribution in [0.15, 0.2) is 72.8 Å². The number of aliphatic hydroxyl groups is 2. The lowest BCUT2D eigenvalue weighted by molar-refractivity contribution is -0.0382. The van der Waals surface area contributed by atoms with Crippen LogP contribution < -0.4 is 5.32 Å². The van der Waals surface area contributed by atoms with Crippen LogP contribution in [0.3, 0.4) is 0 Å². The molecule has 0 saturated heterocycles. The normalized spacial score (nSPS) is 11.1. The fraction of sp³-hybridized carbons (Fsp3) is 0.154. The van der Waals surface area contributed by atoms with Gasteiger partial charge in [-0.1, -0.05) is 65.7 Å². The quantitative estimate of drug-likeness (QED) is 0.303. The Balaban J connectivity index is 1.52. The van der Waals surface area contributed by atoms with Crippen LogP contribution in [-0.4, -0.2) is 32.2 Å². The second-order valence-corrected chi connectivity index (χ2v) is 8.72. The molecule has 0 radical (unpaired) electrons. The topological polar surface area (TPSA) is 87.4 Å². The Hall–Kier alpha value is -3.16. The molecule has 0 spiro atoms. The first kappa shape index (κ1) is 24.0. The molecule has 1 amide bonds. The van der Waals surface area contributed by atoms with Crippen LogP contribution in [0.1, 0.15) is 27.2 Å². The van der Waals surface area contributed by atoms with Crippen molar-refractivity contribution in [2.45, 2.75) is 26.2 Å². The number of aliphatic hydroxyl groups excluding tert-OH is 1. The van der Waals surface area contributed by atoms with E-state index in [1.165, 1.54) is 6.07 Å². The number of hydrogen-bond acceptors (Lipinski definition) is 4. The number of carbonyl (C=O) groups is 1. The van der Waals surface area contributed by atoms with E-state index in [2.05, 4.69) is 5.32 Å².